The highest BCUT2D eigenvalue weighted by Gasteiger charge is 2.24. The lowest BCUT2D eigenvalue weighted by Gasteiger charge is -2.22. The van der Waals surface area contributed by atoms with E-state index in [2.05, 4.69) is 48.0 Å². The van der Waals surface area contributed by atoms with Gasteiger partial charge in [-0.15, -0.1) is 0 Å². The van der Waals surface area contributed by atoms with Crippen molar-refractivity contribution in [2.75, 3.05) is 10.6 Å². The molecule has 1 atom stereocenters. The summed E-state index contributed by atoms with van der Waals surface area (Å²) in [6.07, 6.45) is 5.87. The van der Waals surface area contributed by atoms with Gasteiger partial charge in [-0.1, -0.05) is 17.7 Å². The number of aromatic nitrogens is 3. The number of pyridine rings is 3. The van der Waals surface area contributed by atoms with E-state index < -0.39 is 17.8 Å². The largest absolute Gasteiger partial charge is 0.373 e. The maximum atomic E-state index is 14.6. The molecule has 5 N–H and O–H groups in total. The predicted octanol–water partition coefficient (Wildman–Crippen LogP) is 4.49. The van der Waals surface area contributed by atoms with Crippen molar-refractivity contribution in [1.29, 1.82) is 5.26 Å². The Hall–Kier alpha value is -4.53. The summed E-state index contributed by atoms with van der Waals surface area (Å²) in [5, 5.41) is 16.9. The number of anilines is 3. The van der Waals surface area contributed by atoms with Crippen LogP contribution >= 0.6 is 11.6 Å². The molecule has 0 saturated heterocycles. The molecule has 5 rings (SSSR count). The van der Waals surface area contributed by atoms with E-state index in [1.165, 1.54) is 24.7 Å². The number of benzene rings is 1. The van der Waals surface area contributed by atoms with Crippen molar-refractivity contribution in [3.63, 3.8) is 0 Å². The number of nitriles is 1. The molecule has 0 fully saturated rings. The van der Waals surface area contributed by atoms with Gasteiger partial charge in [0, 0.05) is 41.3 Å². The summed E-state index contributed by atoms with van der Waals surface area (Å²) in [5.74, 6) is -1.13. The molecule has 180 valence electrons. The molecule has 0 amide bonds. The Morgan fingerprint density at radius 3 is 2.69 bits per heavy atom. The summed E-state index contributed by atoms with van der Waals surface area (Å²) < 4.78 is 28.8. The minimum atomic E-state index is -0.673. The highest BCUT2D eigenvalue weighted by Crippen LogP contribution is 2.37. The number of rotatable bonds is 6. The van der Waals surface area contributed by atoms with E-state index in [9.17, 15) is 14.0 Å². The van der Waals surface area contributed by atoms with Gasteiger partial charge in [0.2, 0.25) is 5.95 Å². The molecule has 1 aliphatic rings. The fourth-order valence-corrected chi connectivity index (χ4v) is 4.07. The first-order chi connectivity index (χ1) is 17.4. The number of hydrogen-bond acceptors (Lipinski definition) is 9. The van der Waals surface area contributed by atoms with Gasteiger partial charge in [0.05, 0.1) is 51.1 Å². The molecule has 0 radical (unpaired) electrons. The van der Waals surface area contributed by atoms with Gasteiger partial charge in [-0.2, -0.15) is 15.2 Å². The van der Waals surface area contributed by atoms with Crippen LogP contribution in [-0.2, 0) is 0 Å². The number of nitrogens with one attached hydrogen (secondary N) is 5. The fraction of sp³-hybridized carbons (Fsp3) is 0.0833. The normalized spacial score (nSPS) is 13.4. The zero-order chi connectivity index (χ0) is 25.2. The molecule has 4 heterocycles. The first-order valence-corrected chi connectivity index (χ1v) is 11.1. The Morgan fingerprint density at radius 2 is 1.97 bits per heavy atom. The molecule has 0 aliphatic carbocycles. The maximum Gasteiger partial charge on any atom is 0.218 e. The van der Waals surface area contributed by atoms with E-state index in [0.717, 1.165) is 0 Å². The second kappa shape index (κ2) is 9.61. The summed E-state index contributed by atoms with van der Waals surface area (Å²) in [4.78, 5) is 12.1. The van der Waals surface area contributed by atoms with E-state index in [-0.39, 0.29) is 11.3 Å². The standard InChI is InChI=1S/C24H18ClF2N9/c1-12-19(26)7-15(10-30-12)34-21-13(8-28)9-31-22-17(21)5-14(6-18(22)25)33-23(20-11-32-36-35-20)16-3-2-4-29-24(16)27/h2-7,9-11,23,32-33,35-36H,1H3,(H,31,34)/t23-/m0/s1. The summed E-state index contributed by atoms with van der Waals surface area (Å²) in [7, 11) is 0. The van der Waals surface area contributed by atoms with Crippen LogP contribution in [0.1, 0.15) is 22.9 Å². The number of aryl methyl sites for hydroxylation is 1. The van der Waals surface area contributed by atoms with Gasteiger partial charge in [-0.3, -0.25) is 9.97 Å². The van der Waals surface area contributed by atoms with Gasteiger partial charge < -0.3 is 21.5 Å². The molecule has 0 saturated carbocycles. The van der Waals surface area contributed by atoms with E-state index >= 15 is 0 Å². The first-order valence-electron chi connectivity index (χ1n) is 10.7. The third-order valence-electron chi connectivity index (χ3n) is 5.57. The number of fused-ring (bicyclic) bond motifs is 1. The molecule has 1 aromatic carbocycles. The summed E-state index contributed by atoms with van der Waals surface area (Å²) in [5.41, 5.74) is 11.5. The van der Waals surface area contributed by atoms with Gasteiger partial charge in [-0.05, 0) is 25.1 Å². The Kier molecular flexibility index (Phi) is 6.20. The van der Waals surface area contributed by atoms with Gasteiger partial charge in [-0.25, -0.2) is 9.37 Å². The predicted molar refractivity (Wildman–Crippen MR) is 132 cm³/mol. The maximum absolute atomic E-state index is 14.6. The number of nitrogens with zero attached hydrogens (tertiary/aromatic N) is 4. The summed E-state index contributed by atoms with van der Waals surface area (Å²) in [6.45, 7) is 1.56. The average molecular weight is 506 g/mol. The van der Waals surface area contributed by atoms with Crippen LogP contribution in [0.4, 0.5) is 25.8 Å². The Balaban J connectivity index is 1.61. The van der Waals surface area contributed by atoms with Gasteiger partial charge in [0.15, 0.2) is 0 Å². The smallest absolute Gasteiger partial charge is 0.218 e. The van der Waals surface area contributed by atoms with Crippen molar-refractivity contribution in [2.24, 2.45) is 0 Å². The first kappa shape index (κ1) is 23.2. The second-order valence-electron chi connectivity index (χ2n) is 7.88. The molecular weight excluding hydrogens is 488 g/mol. The third kappa shape index (κ3) is 4.43. The monoisotopic (exact) mass is 505 g/mol. The molecular formula is C24H18ClF2N9. The van der Waals surface area contributed by atoms with E-state index in [4.69, 9.17) is 11.6 Å². The summed E-state index contributed by atoms with van der Waals surface area (Å²) >= 11 is 6.57. The van der Waals surface area contributed by atoms with Crippen molar-refractivity contribution < 1.29 is 8.78 Å². The lowest BCUT2D eigenvalue weighted by atomic mass is 10.0. The van der Waals surface area contributed by atoms with Crippen LogP contribution in [0.5, 0.6) is 0 Å². The molecule has 0 unspecified atom stereocenters. The fourth-order valence-electron chi connectivity index (χ4n) is 3.80. The van der Waals surface area contributed by atoms with E-state index in [0.29, 0.717) is 44.2 Å². The molecule has 9 nitrogen and oxygen atoms in total. The quantitative estimate of drug-likeness (QED) is 0.241. The third-order valence-corrected chi connectivity index (χ3v) is 5.86. The minimum absolute atomic E-state index is 0.222. The van der Waals surface area contributed by atoms with E-state index in [1.54, 1.807) is 37.4 Å². The molecule has 4 aromatic rings. The molecule has 3 aromatic heterocycles. The van der Waals surface area contributed by atoms with Gasteiger partial charge in [0.25, 0.3) is 0 Å². The van der Waals surface area contributed by atoms with Crippen LogP contribution in [0.25, 0.3) is 10.9 Å². The number of hydrogen-bond donors (Lipinski definition) is 5. The van der Waals surface area contributed by atoms with Crippen LogP contribution < -0.4 is 27.0 Å². The minimum Gasteiger partial charge on any atom is -0.373 e. The van der Waals surface area contributed by atoms with Gasteiger partial charge in [0.1, 0.15) is 11.9 Å². The van der Waals surface area contributed by atoms with Crippen LogP contribution in [0.3, 0.4) is 0 Å². The lowest BCUT2D eigenvalue weighted by molar-refractivity contribution is 0.546. The lowest BCUT2D eigenvalue weighted by Crippen LogP contribution is -2.34. The van der Waals surface area contributed by atoms with Crippen LogP contribution in [0.2, 0.25) is 5.02 Å². The number of halogens is 3. The molecule has 12 heteroatoms. The van der Waals surface area contributed by atoms with Crippen LogP contribution in [-0.4, -0.2) is 15.0 Å². The summed E-state index contributed by atoms with van der Waals surface area (Å²) in [6, 6.07) is 9.34. The highest BCUT2D eigenvalue weighted by molar-refractivity contribution is 6.36. The zero-order valence-corrected chi connectivity index (χ0v) is 19.5. The molecule has 0 bridgehead atoms. The molecule has 0 spiro atoms. The van der Waals surface area contributed by atoms with Crippen molar-refractivity contribution in [3.05, 3.63) is 94.4 Å². The van der Waals surface area contributed by atoms with Crippen molar-refractivity contribution in [2.45, 2.75) is 13.0 Å². The number of hydrazine groups is 2. The van der Waals surface area contributed by atoms with Gasteiger partial charge >= 0.3 is 0 Å². The van der Waals surface area contributed by atoms with Crippen molar-refractivity contribution >= 4 is 39.6 Å². The van der Waals surface area contributed by atoms with Crippen LogP contribution in [0.15, 0.2) is 60.8 Å². The van der Waals surface area contributed by atoms with Crippen molar-refractivity contribution in [3.8, 4) is 6.07 Å². The highest BCUT2D eigenvalue weighted by atomic mass is 35.5. The Labute approximate surface area is 209 Å². The molecule has 1 aliphatic heterocycles. The molecule has 36 heavy (non-hydrogen) atoms. The van der Waals surface area contributed by atoms with Crippen molar-refractivity contribution in [1.82, 2.24) is 31.3 Å². The Morgan fingerprint density at radius 1 is 1.11 bits per heavy atom. The zero-order valence-electron chi connectivity index (χ0n) is 18.7. The second-order valence-corrected chi connectivity index (χ2v) is 8.29. The van der Waals surface area contributed by atoms with Crippen LogP contribution in [0, 0.1) is 30.0 Å². The SMILES string of the molecule is Cc1ncc(Nc2c(C#N)cnc3c(Cl)cc(N[C@H](C4=CNNN4)c4cccnc4F)cc23)cc1F. The average Bonchev–Trinajstić information content (AvgIpc) is 3.40. The topological polar surface area (TPSA) is 123 Å². The Bertz CT molecular complexity index is 1550. The van der Waals surface area contributed by atoms with E-state index in [1.807, 2.05) is 0 Å².